The molecular formula is C27H29F3N4S. The minimum Gasteiger partial charge on any atom is -0.326 e. The van der Waals surface area contributed by atoms with E-state index in [0.717, 1.165) is 35.4 Å². The lowest BCUT2D eigenvalue weighted by atomic mass is 9.70. The van der Waals surface area contributed by atoms with Crippen molar-refractivity contribution in [2.24, 2.45) is 16.3 Å². The molecule has 3 aromatic rings. The van der Waals surface area contributed by atoms with Crippen LogP contribution in [0.25, 0.3) is 16.6 Å². The van der Waals surface area contributed by atoms with Crippen LogP contribution in [-0.2, 0) is 0 Å². The van der Waals surface area contributed by atoms with Gasteiger partial charge in [-0.05, 0) is 96.0 Å². The molecule has 1 aliphatic heterocycles. The third-order valence-electron chi connectivity index (χ3n) is 6.78. The predicted molar refractivity (Wildman–Crippen MR) is 139 cm³/mol. The van der Waals surface area contributed by atoms with Crippen molar-refractivity contribution < 1.29 is 13.2 Å². The number of fused-ring (bicyclic) bond motifs is 1. The van der Waals surface area contributed by atoms with Crippen molar-refractivity contribution in [3.8, 4) is 0 Å². The van der Waals surface area contributed by atoms with Crippen molar-refractivity contribution in [3.63, 3.8) is 0 Å². The van der Waals surface area contributed by atoms with Gasteiger partial charge in [0.1, 0.15) is 0 Å². The Morgan fingerprint density at radius 2 is 1.86 bits per heavy atom. The molecule has 4 nitrogen and oxygen atoms in total. The number of hydrogen-bond acceptors (Lipinski definition) is 4. The number of nitrogens with one attached hydrogen (secondary N) is 1. The van der Waals surface area contributed by atoms with Crippen LogP contribution < -0.4 is 5.32 Å². The Bertz CT molecular complexity index is 1290. The van der Waals surface area contributed by atoms with Gasteiger partial charge in [0.15, 0.2) is 0 Å². The first-order valence-corrected chi connectivity index (χ1v) is 12.7. The van der Waals surface area contributed by atoms with Gasteiger partial charge in [-0.1, -0.05) is 26.8 Å². The standard InChI is InChI=1S/C27H29F3N4S/c1-17-12-21(15-26(2,3)14-17)34-24-9-4-18(19-10-11-31-16-19)13-23(24)33-25(34)32-20-5-7-22(8-6-20)35-27(28,29)30/h4-11,13,17,21H,12,14-16H2,1-3H3,(H,32,33)/t17-,21+/m0/s1. The maximum atomic E-state index is 12.7. The third kappa shape index (κ3) is 5.42. The number of thioether (sulfide) groups is 1. The van der Waals surface area contributed by atoms with Crippen LogP contribution in [0.1, 0.15) is 51.6 Å². The average molecular weight is 499 g/mol. The summed E-state index contributed by atoms with van der Waals surface area (Å²) in [6.07, 6.45) is 7.15. The molecule has 0 radical (unpaired) electrons. The van der Waals surface area contributed by atoms with Gasteiger partial charge in [-0.2, -0.15) is 13.2 Å². The van der Waals surface area contributed by atoms with E-state index >= 15 is 0 Å². The number of anilines is 2. The monoisotopic (exact) mass is 498 g/mol. The van der Waals surface area contributed by atoms with Crippen LogP contribution in [-0.4, -0.2) is 27.8 Å². The van der Waals surface area contributed by atoms with Gasteiger partial charge in [-0.25, -0.2) is 4.98 Å². The van der Waals surface area contributed by atoms with E-state index in [9.17, 15) is 13.2 Å². The van der Waals surface area contributed by atoms with E-state index in [1.54, 1.807) is 12.1 Å². The number of aliphatic imine (C=N–C) groups is 1. The second kappa shape index (κ2) is 9.04. The van der Waals surface area contributed by atoms with Crippen molar-refractivity contribution in [2.75, 3.05) is 11.9 Å². The van der Waals surface area contributed by atoms with Crippen LogP contribution in [0.4, 0.5) is 24.8 Å². The van der Waals surface area contributed by atoms with Crippen molar-refractivity contribution in [2.45, 2.75) is 56.5 Å². The lowest BCUT2D eigenvalue weighted by Crippen LogP contribution is -2.29. The molecule has 1 saturated carbocycles. The quantitative estimate of drug-likeness (QED) is 0.360. The summed E-state index contributed by atoms with van der Waals surface area (Å²) in [7, 11) is 0. The van der Waals surface area contributed by atoms with E-state index in [2.05, 4.69) is 53.8 Å². The Kier molecular flexibility index (Phi) is 6.20. The van der Waals surface area contributed by atoms with Crippen LogP contribution in [0, 0.1) is 11.3 Å². The van der Waals surface area contributed by atoms with Crippen molar-refractivity contribution in [1.82, 2.24) is 9.55 Å². The predicted octanol–water partition coefficient (Wildman–Crippen LogP) is 8.25. The van der Waals surface area contributed by atoms with Gasteiger partial charge in [-0.15, -0.1) is 0 Å². The first kappa shape index (κ1) is 24.0. The molecule has 0 spiro atoms. The van der Waals surface area contributed by atoms with Crippen molar-refractivity contribution in [3.05, 3.63) is 54.1 Å². The fourth-order valence-electron chi connectivity index (χ4n) is 5.65. The second-order valence-corrected chi connectivity index (χ2v) is 11.6. The van der Waals surface area contributed by atoms with E-state index in [4.69, 9.17) is 4.98 Å². The van der Waals surface area contributed by atoms with E-state index in [1.807, 2.05) is 12.3 Å². The molecule has 0 saturated heterocycles. The lowest BCUT2D eigenvalue weighted by Gasteiger charge is -2.40. The molecule has 5 rings (SSSR count). The molecule has 2 aromatic carbocycles. The fraction of sp³-hybridized carbons (Fsp3) is 0.407. The Balaban J connectivity index is 1.52. The van der Waals surface area contributed by atoms with E-state index in [1.165, 1.54) is 24.1 Å². The summed E-state index contributed by atoms with van der Waals surface area (Å²) in [6.45, 7) is 7.63. The SMILES string of the molecule is C[C@H]1C[C@@H](n2c(Nc3ccc(SC(F)(F)F)cc3)nc3cc(C4=CC=NC4)ccc32)CC(C)(C)C1. The summed E-state index contributed by atoms with van der Waals surface area (Å²) in [4.78, 5) is 9.43. The molecule has 1 fully saturated rings. The van der Waals surface area contributed by atoms with Gasteiger partial charge >= 0.3 is 5.51 Å². The van der Waals surface area contributed by atoms with E-state index < -0.39 is 5.51 Å². The van der Waals surface area contributed by atoms with Crippen LogP contribution >= 0.6 is 11.8 Å². The molecule has 0 amide bonds. The number of benzene rings is 2. The van der Waals surface area contributed by atoms with Crippen molar-refractivity contribution >= 4 is 46.2 Å². The highest BCUT2D eigenvalue weighted by Gasteiger charge is 2.35. The molecule has 1 aromatic heterocycles. The molecule has 2 atom stereocenters. The summed E-state index contributed by atoms with van der Waals surface area (Å²) >= 11 is -0.105. The molecule has 1 N–H and O–H groups in total. The summed E-state index contributed by atoms with van der Waals surface area (Å²) in [5.41, 5.74) is 0.873. The molecule has 0 bridgehead atoms. The minimum absolute atomic E-state index is 0.105. The first-order chi connectivity index (χ1) is 16.6. The van der Waals surface area contributed by atoms with Gasteiger partial charge in [0.05, 0.1) is 17.6 Å². The smallest absolute Gasteiger partial charge is 0.326 e. The van der Waals surface area contributed by atoms with Gasteiger partial charge in [0, 0.05) is 22.8 Å². The number of aromatic nitrogens is 2. The molecule has 2 heterocycles. The summed E-state index contributed by atoms with van der Waals surface area (Å²) in [6, 6.07) is 13.0. The van der Waals surface area contributed by atoms with Gasteiger partial charge < -0.3 is 9.88 Å². The summed E-state index contributed by atoms with van der Waals surface area (Å²) in [5, 5.41) is 3.40. The number of imidazole rings is 1. The number of allylic oxidation sites excluding steroid dienone is 1. The molecule has 0 unspecified atom stereocenters. The van der Waals surface area contributed by atoms with E-state index in [0.29, 0.717) is 18.2 Å². The topological polar surface area (TPSA) is 42.2 Å². The average Bonchev–Trinajstić information content (AvgIpc) is 3.40. The van der Waals surface area contributed by atoms with Gasteiger partial charge in [0.2, 0.25) is 5.95 Å². The largest absolute Gasteiger partial charge is 0.446 e. The van der Waals surface area contributed by atoms with Gasteiger partial charge in [0.25, 0.3) is 0 Å². The summed E-state index contributed by atoms with van der Waals surface area (Å²) in [5.74, 6) is 1.31. The van der Waals surface area contributed by atoms with Crippen molar-refractivity contribution in [1.29, 1.82) is 0 Å². The summed E-state index contributed by atoms with van der Waals surface area (Å²) < 4.78 is 40.5. The molecule has 2 aliphatic rings. The molecule has 8 heteroatoms. The number of alkyl halides is 3. The zero-order valence-corrected chi connectivity index (χ0v) is 20.9. The highest BCUT2D eigenvalue weighted by molar-refractivity contribution is 8.00. The molecular weight excluding hydrogens is 469 g/mol. The maximum absolute atomic E-state index is 12.7. The number of hydrogen-bond donors (Lipinski definition) is 1. The first-order valence-electron chi connectivity index (χ1n) is 11.9. The van der Waals surface area contributed by atoms with Gasteiger partial charge in [-0.3, -0.25) is 4.99 Å². The van der Waals surface area contributed by atoms with Crippen LogP contribution in [0.3, 0.4) is 0 Å². The Morgan fingerprint density at radius 3 is 2.51 bits per heavy atom. The Hall–Kier alpha value is -2.74. The third-order valence-corrected chi connectivity index (χ3v) is 7.52. The molecule has 35 heavy (non-hydrogen) atoms. The maximum Gasteiger partial charge on any atom is 0.446 e. The molecule has 184 valence electrons. The number of halogens is 3. The van der Waals surface area contributed by atoms with Crippen LogP contribution in [0.5, 0.6) is 0 Å². The highest BCUT2D eigenvalue weighted by atomic mass is 32.2. The van der Waals surface area contributed by atoms with Crippen LogP contribution in [0.15, 0.2) is 58.4 Å². The Morgan fingerprint density at radius 1 is 1.09 bits per heavy atom. The zero-order valence-electron chi connectivity index (χ0n) is 20.1. The fourth-order valence-corrected chi connectivity index (χ4v) is 6.19. The normalized spacial score (nSPS) is 21.9. The minimum atomic E-state index is -4.30. The molecule has 1 aliphatic carbocycles. The number of rotatable bonds is 5. The second-order valence-electron chi connectivity index (χ2n) is 10.5. The van der Waals surface area contributed by atoms with Crippen LogP contribution in [0.2, 0.25) is 0 Å². The lowest BCUT2D eigenvalue weighted by molar-refractivity contribution is -0.0328. The zero-order chi connectivity index (χ0) is 24.8. The highest BCUT2D eigenvalue weighted by Crippen LogP contribution is 2.46. The Labute approximate surface area is 207 Å². The van der Waals surface area contributed by atoms with E-state index in [-0.39, 0.29) is 28.1 Å². The number of nitrogens with zero attached hydrogens (tertiary/aromatic N) is 3.